The van der Waals surface area contributed by atoms with E-state index in [9.17, 15) is 0 Å². The lowest BCUT2D eigenvalue weighted by Gasteiger charge is -2.05. The lowest BCUT2D eigenvalue weighted by molar-refractivity contribution is 0.753. The maximum atomic E-state index is 6.15. The average Bonchev–Trinajstić information content (AvgIpc) is 3.10. The number of nitrogens with zero attached hydrogens (tertiary/aromatic N) is 2. The molecule has 1 aliphatic rings. The molecule has 0 radical (unpaired) electrons. The fourth-order valence-electron chi connectivity index (χ4n) is 2.14. The number of hydrogen-bond donors (Lipinski definition) is 1. The predicted octanol–water partition coefficient (Wildman–Crippen LogP) is 3.31. The van der Waals surface area contributed by atoms with Gasteiger partial charge in [0.05, 0.1) is 5.69 Å². The first kappa shape index (κ1) is 10.8. The first-order valence-corrected chi connectivity index (χ1v) is 6.55. The SMILES string of the molecule is Cn1nc(C2CC2)c(-c2ccccc2Br)c1N. The van der Waals surface area contributed by atoms with E-state index in [1.807, 2.05) is 25.2 Å². The van der Waals surface area contributed by atoms with E-state index in [1.165, 1.54) is 12.8 Å². The normalized spacial score (nSPS) is 15.2. The molecule has 1 heterocycles. The van der Waals surface area contributed by atoms with E-state index in [-0.39, 0.29) is 0 Å². The molecule has 0 unspecified atom stereocenters. The number of benzene rings is 1. The fourth-order valence-corrected chi connectivity index (χ4v) is 2.62. The quantitative estimate of drug-likeness (QED) is 0.923. The van der Waals surface area contributed by atoms with E-state index >= 15 is 0 Å². The predicted molar refractivity (Wildman–Crippen MR) is 72.7 cm³/mol. The summed E-state index contributed by atoms with van der Waals surface area (Å²) in [5, 5.41) is 4.56. The number of halogens is 1. The van der Waals surface area contributed by atoms with Gasteiger partial charge in [-0.1, -0.05) is 34.1 Å². The third kappa shape index (κ3) is 1.76. The van der Waals surface area contributed by atoms with Crippen LogP contribution >= 0.6 is 15.9 Å². The van der Waals surface area contributed by atoms with E-state index in [0.29, 0.717) is 5.92 Å². The Labute approximate surface area is 109 Å². The number of nitrogens with two attached hydrogens (primary N) is 1. The van der Waals surface area contributed by atoms with Crippen LogP contribution < -0.4 is 5.73 Å². The molecule has 1 aromatic heterocycles. The molecule has 1 aromatic carbocycles. The van der Waals surface area contributed by atoms with Gasteiger partial charge in [0, 0.05) is 28.6 Å². The lowest BCUT2D eigenvalue weighted by Crippen LogP contribution is -1.98. The lowest BCUT2D eigenvalue weighted by atomic mass is 10.0. The second kappa shape index (κ2) is 3.88. The van der Waals surface area contributed by atoms with Crippen LogP contribution in [0.2, 0.25) is 0 Å². The van der Waals surface area contributed by atoms with Crippen LogP contribution in [0, 0.1) is 0 Å². The summed E-state index contributed by atoms with van der Waals surface area (Å²) in [6.45, 7) is 0. The topological polar surface area (TPSA) is 43.8 Å². The molecule has 0 aliphatic heterocycles. The molecule has 17 heavy (non-hydrogen) atoms. The van der Waals surface area contributed by atoms with Gasteiger partial charge in [-0.05, 0) is 18.9 Å². The minimum absolute atomic E-state index is 0.598. The van der Waals surface area contributed by atoms with Gasteiger partial charge in [0.2, 0.25) is 0 Å². The van der Waals surface area contributed by atoms with Gasteiger partial charge in [0.15, 0.2) is 0 Å². The van der Waals surface area contributed by atoms with Gasteiger partial charge in [0.1, 0.15) is 5.82 Å². The summed E-state index contributed by atoms with van der Waals surface area (Å²) in [6.07, 6.45) is 2.46. The van der Waals surface area contributed by atoms with Crippen molar-refractivity contribution < 1.29 is 0 Å². The zero-order valence-corrected chi connectivity index (χ0v) is 11.2. The molecule has 0 atom stereocenters. The van der Waals surface area contributed by atoms with Crippen LogP contribution in [-0.4, -0.2) is 9.78 Å². The van der Waals surface area contributed by atoms with Gasteiger partial charge in [-0.2, -0.15) is 5.10 Å². The summed E-state index contributed by atoms with van der Waals surface area (Å²) in [6, 6.07) is 8.17. The summed E-state index contributed by atoms with van der Waals surface area (Å²) in [5.41, 5.74) is 9.54. The third-order valence-corrected chi connectivity index (χ3v) is 3.92. The minimum atomic E-state index is 0.598. The molecule has 0 bridgehead atoms. The van der Waals surface area contributed by atoms with E-state index in [1.54, 1.807) is 4.68 Å². The van der Waals surface area contributed by atoms with Gasteiger partial charge >= 0.3 is 0 Å². The average molecular weight is 292 g/mol. The second-order valence-electron chi connectivity index (χ2n) is 4.52. The van der Waals surface area contributed by atoms with Crippen molar-refractivity contribution in [3.63, 3.8) is 0 Å². The number of aromatic nitrogens is 2. The van der Waals surface area contributed by atoms with Crippen molar-refractivity contribution in [3.8, 4) is 11.1 Å². The molecule has 1 aliphatic carbocycles. The van der Waals surface area contributed by atoms with Crippen LogP contribution in [0.1, 0.15) is 24.5 Å². The number of rotatable bonds is 2. The van der Waals surface area contributed by atoms with Crippen LogP contribution in [0.3, 0.4) is 0 Å². The third-order valence-electron chi connectivity index (χ3n) is 3.23. The maximum absolute atomic E-state index is 6.15. The Hall–Kier alpha value is -1.29. The van der Waals surface area contributed by atoms with Gasteiger partial charge in [-0.25, -0.2) is 0 Å². The molecular weight excluding hydrogens is 278 g/mol. The van der Waals surface area contributed by atoms with Crippen molar-refractivity contribution >= 4 is 21.7 Å². The summed E-state index contributed by atoms with van der Waals surface area (Å²) < 4.78 is 2.85. The molecule has 0 spiro atoms. The summed E-state index contributed by atoms with van der Waals surface area (Å²) in [7, 11) is 1.90. The number of anilines is 1. The standard InChI is InChI=1S/C13H14BrN3/c1-17-13(15)11(12(16-17)8-6-7-8)9-4-2-3-5-10(9)14/h2-5,8H,6-7,15H2,1H3. The molecule has 88 valence electrons. The molecule has 4 heteroatoms. The van der Waals surface area contributed by atoms with Crippen LogP contribution in [0.5, 0.6) is 0 Å². The van der Waals surface area contributed by atoms with Gasteiger partial charge in [-0.15, -0.1) is 0 Å². The van der Waals surface area contributed by atoms with Crippen molar-refractivity contribution in [1.82, 2.24) is 9.78 Å². The van der Waals surface area contributed by atoms with Crippen molar-refractivity contribution in [2.45, 2.75) is 18.8 Å². The zero-order valence-electron chi connectivity index (χ0n) is 9.65. The Balaban J connectivity index is 2.22. The van der Waals surface area contributed by atoms with Crippen molar-refractivity contribution in [3.05, 3.63) is 34.4 Å². The molecule has 1 fully saturated rings. The smallest absolute Gasteiger partial charge is 0.129 e. The van der Waals surface area contributed by atoms with Gasteiger partial charge in [-0.3, -0.25) is 4.68 Å². The maximum Gasteiger partial charge on any atom is 0.129 e. The Bertz CT molecular complexity index is 570. The van der Waals surface area contributed by atoms with Crippen molar-refractivity contribution in [2.24, 2.45) is 7.05 Å². The molecular formula is C13H14BrN3. The molecule has 3 rings (SSSR count). The number of hydrogen-bond acceptors (Lipinski definition) is 2. The van der Waals surface area contributed by atoms with Crippen LogP contribution in [0.4, 0.5) is 5.82 Å². The van der Waals surface area contributed by atoms with E-state index in [4.69, 9.17) is 5.73 Å². The second-order valence-corrected chi connectivity index (χ2v) is 5.38. The fraction of sp³-hybridized carbons (Fsp3) is 0.308. The minimum Gasteiger partial charge on any atom is -0.383 e. The Morgan fingerprint density at radius 1 is 1.35 bits per heavy atom. The molecule has 2 N–H and O–H groups in total. The zero-order chi connectivity index (χ0) is 12.0. The molecule has 1 saturated carbocycles. The Kier molecular flexibility index (Phi) is 2.47. The number of aryl methyl sites for hydroxylation is 1. The summed E-state index contributed by atoms with van der Waals surface area (Å²) >= 11 is 3.59. The van der Waals surface area contributed by atoms with Gasteiger partial charge < -0.3 is 5.73 Å². The largest absolute Gasteiger partial charge is 0.383 e. The monoisotopic (exact) mass is 291 g/mol. The highest BCUT2D eigenvalue weighted by Crippen LogP contribution is 2.46. The number of nitrogen functional groups attached to an aromatic ring is 1. The van der Waals surface area contributed by atoms with Gasteiger partial charge in [0.25, 0.3) is 0 Å². The molecule has 2 aromatic rings. The van der Waals surface area contributed by atoms with Crippen LogP contribution in [0.15, 0.2) is 28.7 Å². The van der Waals surface area contributed by atoms with Crippen LogP contribution in [-0.2, 0) is 7.05 Å². The van der Waals surface area contributed by atoms with E-state index in [0.717, 1.165) is 27.1 Å². The molecule has 0 amide bonds. The highest BCUT2D eigenvalue weighted by molar-refractivity contribution is 9.10. The molecule has 3 nitrogen and oxygen atoms in total. The summed E-state index contributed by atoms with van der Waals surface area (Å²) in [5.74, 6) is 1.35. The Morgan fingerprint density at radius 2 is 2.06 bits per heavy atom. The highest BCUT2D eigenvalue weighted by atomic mass is 79.9. The summed E-state index contributed by atoms with van der Waals surface area (Å²) in [4.78, 5) is 0. The van der Waals surface area contributed by atoms with E-state index in [2.05, 4.69) is 27.1 Å². The van der Waals surface area contributed by atoms with Crippen molar-refractivity contribution in [2.75, 3.05) is 5.73 Å². The first-order valence-electron chi connectivity index (χ1n) is 5.75. The highest BCUT2D eigenvalue weighted by Gasteiger charge is 2.31. The van der Waals surface area contributed by atoms with Crippen molar-refractivity contribution in [1.29, 1.82) is 0 Å². The van der Waals surface area contributed by atoms with E-state index < -0.39 is 0 Å². The molecule has 0 saturated heterocycles. The first-order chi connectivity index (χ1) is 8.18. The Morgan fingerprint density at radius 3 is 2.71 bits per heavy atom. The van der Waals surface area contributed by atoms with Crippen LogP contribution in [0.25, 0.3) is 11.1 Å².